The van der Waals surface area contributed by atoms with E-state index < -0.39 is 0 Å². The van der Waals surface area contributed by atoms with E-state index >= 15 is 0 Å². The Labute approximate surface area is 248 Å². The van der Waals surface area contributed by atoms with Gasteiger partial charge in [-0.05, 0) is 57.4 Å². The summed E-state index contributed by atoms with van der Waals surface area (Å²) in [6.45, 7) is 17.0. The van der Waals surface area contributed by atoms with Gasteiger partial charge in [-0.1, -0.05) is 62.1 Å². The summed E-state index contributed by atoms with van der Waals surface area (Å²) < 4.78 is 5.67. The predicted octanol–water partition coefficient (Wildman–Crippen LogP) is 7.34. The summed E-state index contributed by atoms with van der Waals surface area (Å²) in [5.74, 6) is 7.66. The number of hydrogen-bond donors (Lipinski definition) is 3. The van der Waals surface area contributed by atoms with Crippen molar-refractivity contribution in [2.24, 2.45) is 0 Å². The Balaban J connectivity index is 1.97. The molecule has 1 aromatic heterocycles. The molecular weight excluding hydrogens is 536 g/mol. The summed E-state index contributed by atoms with van der Waals surface area (Å²) in [5.41, 5.74) is 3.71. The van der Waals surface area contributed by atoms with E-state index in [1.165, 1.54) is 12.3 Å². The summed E-state index contributed by atoms with van der Waals surface area (Å²) in [5, 5.41) is 9.76. The molecule has 0 radical (unpaired) electrons. The van der Waals surface area contributed by atoms with Crippen molar-refractivity contribution < 1.29 is 9.53 Å². The number of nitrogens with zero attached hydrogens (tertiary/aromatic N) is 3. The van der Waals surface area contributed by atoms with Gasteiger partial charge in [-0.2, -0.15) is 4.98 Å². The Bertz CT molecular complexity index is 1430. The van der Waals surface area contributed by atoms with Gasteiger partial charge in [-0.15, -0.1) is 0 Å². The smallest absolute Gasteiger partial charge is 0.247 e. The third-order valence-corrected chi connectivity index (χ3v) is 6.70. The van der Waals surface area contributed by atoms with Gasteiger partial charge in [0.15, 0.2) is 5.82 Å². The van der Waals surface area contributed by atoms with Gasteiger partial charge in [0.25, 0.3) is 0 Å². The second-order valence-corrected chi connectivity index (χ2v) is 10.7. The molecule has 3 aromatic rings. The summed E-state index contributed by atoms with van der Waals surface area (Å²) in [6, 6.07) is 12.2. The Morgan fingerprint density at radius 1 is 1.07 bits per heavy atom. The highest BCUT2D eigenvalue weighted by atomic mass is 35.5. The first-order valence-electron chi connectivity index (χ1n) is 13.6. The SMILES string of the molecule is C=CC(=O)Nc1cc(Nc2ncc(Cl)c(Nc3ccccc3C(C)C)n2)c(OC)cc1C#CCN(C(C)C)C(C)C. The molecule has 41 heavy (non-hydrogen) atoms. The normalized spacial score (nSPS) is 10.9. The number of halogens is 1. The van der Waals surface area contributed by atoms with Gasteiger partial charge in [-0.3, -0.25) is 9.69 Å². The summed E-state index contributed by atoms with van der Waals surface area (Å²) >= 11 is 6.45. The number of para-hydroxylation sites is 1. The van der Waals surface area contributed by atoms with E-state index in [1.807, 2.05) is 18.2 Å². The van der Waals surface area contributed by atoms with Gasteiger partial charge in [0.1, 0.15) is 10.8 Å². The van der Waals surface area contributed by atoms with Crippen LogP contribution in [-0.4, -0.2) is 46.5 Å². The molecule has 0 aliphatic rings. The molecule has 9 heteroatoms. The minimum Gasteiger partial charge on any atom is -0.495 e. The number of hydrogen-bond acceptors (Lipinski definition) is 7. The van der Waals surface area contributed by atoms with Crippen LogP contribution in [0, 0.1) is 11.8 Å². The van der Waals surface area contributed by atoms with Gasteiger partial charge in [-0.25, -0.2) is 4.98 Å². The van der Waals surface area contributed by atoms with E-state index in [1.54, 1.807) is 19.2 Å². The summed E-state index contributed by atoms with van der Waals surface area (Å²) in [7, 11) is 1.57. The monoisotopic (exact) mass is 574 g/mol. The molecule has 1 amide bonds. The van der Waals surface area contributed by atoms with Crippen LogP contribution in [0.5, 0.6) is 5.75 Å². The number of nitrogens with one attached hydrogen (secondary N) is 3. The number of methoxy groups -OCH3 is 1. The number of benzene rings is 2. The van der Waals surface area contributed by atoms with E-state index in [0.717, 1.165) is 11.3 Å². The highest BCUT2D eigenvalue weighted by molar-refractivity contribution is 6.32. The quantitative estimate of drug-likeness (QED) is 0.163. The van der Waals surface area contributed by atoms with Crippen LogP contribution in [0.2, 0.25) is 5.02 Å². The topological polar surface area (TPSA) is 91.4 Å². The zero-order valence-electron chi connectivity index (χ0n) is 24.8. The van der Waals surface area contributed by atoms with Crippen LogP contribution in [-0.2, 0) is 4.79 Å². The number of carbonyl (C=O) groups excluding carboxylic acids is 1. The molecule has 0 bridgehead atoms. The van der Waals surface area contributed by atoms with Crippen LogP contribution in [0.3, 0.4) is 0 Å². The molecule has 0 saturated heterocycles. The molecule has 0 aliphatic heterocycles. The summed E-state index contributed by atoms with van der Waals surface area (Å²) in [6.07, 6.45) is 2.74. The van der Waals surface area contributed by atoms with Crippen molar-refractivity contribution >= 4 is 46.3 Å². The molecule has 216 valence electrons. The Kier molecular flexibility index (Phi) is 11.2. The number of carbonyl (C=O) groups is 1. The van der Waals surface area contributed by atoms with Crippen molar-refractivity contribution in [3.63, 3.8) is 0 Å². The van der Waals surface area contributed by atoms with Crippen molar-refractivity contribution in [1.29, 1.82) is 0 Å². The van der Waals surface area contributed by atoms with Crippen LogP contribution in [0.15, 0.2) is 55.3 Å². The lowest BCUT2D eigenvalue weighted by atomic mass is 10.0. The van der Waals surface area contributed by atoms with Crippen LogP contribution in [0.25, 0.3) is 0 Å². The van der Waals surface area contributed by atoms with Crippen molar-refractivity contribution in [1.82, 2.24) is 14.9 Å². The molecule has 8 nitrogen and oxygen atoms in total. The molecule has 0 atom stereocenters. The average Bonchev–Trinajstić information content (AvgIpc) is 2.93. The van der Waals surface area contributed by atoms with Gasteiger partial charge in [0.2, 0.25) is 11.9 Å². The van der Waals surface area contributed by atoms with Crippen molar-refractivity contribution in [2.45, 2.75) is 59.5 Å². The van der Waals surface area contributed by atoms with E-state index in [2.05, 4.69) is 96.8 Å². The van der Waals surface area contributed by atoms with Crippen molar-refractivity contribution in [3.8, 4) is 17.6 Å². The zero-order chi connectivity index (χ0) is 30.1. The third kappa shape index (κ3) is 8.46. The molecule has 0 aliphatic carbocycles. The zero-order valence-corrected chi connectivity index (χ0v) is 25.6. The number of rotatable bonds is 11. The lowest BCUT2D eigenvalue weighted by Crippen LogP contribution is -2.37. The molecule has 0 spiro atoms. The van der Waals surface area contributed by atoms with Crippen LogP contribution in [0.4, 0.5) is 28.8 Å². The maximum absolute atomic E-state index is 12.3. The largest absolute Gasteiger partial charge is 0.495 e. The minimum absolute atomic E-state index is 0.293. The van der Waals surface area contributed by atoms with Crippen LogP contribution in [0.1, 0.15) is 58.6 Å². The van der Waals surface area contributed by atoms with E-state index in [-0.39, 0.29) is 5.91 Å². The first kappa shape index (κ1) is 31.5. The Hall–Kier alpha value is -4.06. The first-order chi connectivity index (χ1) is 19.5. The average molecular weight is 575 g/mol. The maximum Gasteiger partial charge on any atom is 0.247 e. The minimum atomic E-state index is -0.354. The molecule has 0 saturated carbocycles. The van der Waals surface area contributed by atoms with E-state index in [9.17, 15) is 4.79 Å². The van der Waals surface area contributed by atoms with Crippen molar-refractivity contribution in [3.05, 3.63) is 71.4 Å². The third-order valence-electron chi connectivity index (χ3n) is 6.42. The van der Waals surface area contributed by atoms with Gasteiger partial charge >= 0.3 is 0 Å². The predicted molar refractivity (Wildman–Crippen MR) is 170 cm³/mol. The fraction of sp³-hybridized carbons (Fsp3) is 0.344. The molecule has 1 heterocycles. The molecule has 2 aromatic carbocycles. The van der Waals surface area contributed by atoms with Crippen LogP contribution >= 0.6 is 11.6 Å². The van der Waals surface area contributed by atoms with Gasteiger partial charge in [0, 0.05) is 23.8 Å². The first-order valence-corrected chi connectivity index (χ1v) is 14.0. The fourth-order valence-electron chi connectivity index (χ4n) is 4.30. The number of amides is 1. The number of aromatic nitrogens is 2. The highest BCUT2D eigenvalue weighted by Crippen LogP contribution is 2.34. The van der Waals surface area contributed by atoms with E-state index in [4.69, 9.17) is 16.3 Å². The van der Waals surface area contributed by atoms with Gasteiger partial charge in [0.05, 0.1) is 36.8 Å². The molecule has 0 fully saturated rings. The highest BCUT2D eigenvalue weighted by Gasteiger charge is 2.16. The van der Waals surface area contributed by atoms with Crippen molar-refractivity contribution in [2.75, 3.05) is 29.6 Å². The molecule has 3 rings (SSSR count). The van der Waals surface area contributed by atoms with Gasteiger partial charge < -0.3 is 20.7 Å². The van der Waals surface area contributed by atoms with Crippen LogP contribution < -0.4 is 20.7 Å². The molecular formula is C32H39ClN6O2. The lowest BCUT2D eigenvalue weighted by molar-refractivity contribution is -0.111. The Morgan fingerprint density at radius 3 is 2.41 bits per heavy atom. The fourth-order valence-corrected chi connectivity index (χ4v) is 4.44. The maximum atomic E-state index is 12.3. The molecule has 3 N–H and O–H groups in total. The number of ether oxygens (including phenoxy) is 1. The second-order valence-electron chi connectivity index (χ2n) is 10.3. The van der Waals surface area contributed by atoms with E-state index in [0.29, 0.717) is 64.0 Å². The molecule has 0 unspecified atom stereocenters. The standard InChI is InChI=1S/C32H39ClN6O2/c1-9-30(40)35-27-18-28(29(41-8)17-23(27)13-12-16-39(21(4)5)22(6)7)37-32-34-19-25(33)31(38-32)36-26-15-11-10-14-24(26)20(2)3/h9-11,14-15,17-22H,1,16H2,2-8H3,(H,35,40)(H2,34,36,37,38). The Morgan fingerprint density at radius 2 is 1.78 bits per heavy atom. The summed E-state index contributed by atoms with van der Waals surface area (Å²) in [4.78, 5) is 23.5. The second kappa shape index (κ2) is 14.5. The number of anilines is 5. The lowest BCUT2D eigenvalue weighted by Gasteiger charge is -2.28.